The third-order valence-corrected chi connectivity index (χ3v) is 3.33. The van der Waals surface area contributed by atoms with Crippen LogP contribution in [0.4, 0.5) is 5.82 Å². The van der Waals surface area contributed by atoms with Gasteiger partial charge in [-0.15, -0.1) is 0 Å². The molecule has 0 saturated carbocycles. The molecule has 0 aliphatic heterocycles. The summed E-state index contributed by atoms with van der Waals surface area (Å²) in [6, 6.07) is 5.14. The summed E-state index contributed by atoms with van der Waals surface area (Å²) in [5, 5.41) is 14.7. The molecule has 0 unspecified atom stereocenters. The number of hydrazone groups is 1. The molecule has 0 aliphatic rings. The lowest BCUT2D eigenvalue weighted by molar-refractivity contribution is -0.392. The highest BCUT2D eigenvalue weighted by Gasteiger charge is 2.19. The Morgan fingerprint density at radius 1 is 1.40 bits per heavy atom. The first kappa shape index (κ1) is 17.9. The number of benzene rings is 1. The molecular weight excluding hydrogens is 330 g/mol. The number of hydrogen-bond acceptors (Lipinski definition) is 7. The van der Waals surface area contributed by atoms with Crippen molar-refractivity contribution in [3.63, 3.8) is 0 Å². The Morgan fingerprint density at radius 3 is 2.76 bits per heavy atom. The quantitative estimate of drug-likeness (QED) is 0.457. The van der Waals surface area contributed by atoms with Gasteiger partial charge in [0.15, 0.2) is 23.9 Å². The van der Waals surface area contributed by atoms with Crippen LogP contribution in [0.3, 0.4) is 0 Å². The van der Waals surface area contributed by atoms with Gasteiger partial charge in [0.05, 0.1) is 20.4 Å². The van der Waals surface area contributed by atoms with Gasteiger partial charge in [0, 0.05) is 6.92 Å². The van der Waals surface area contributed by atoms with Crippen LogP contribution in [-0.2, 0) is 11.3 Å². The topological polar surface area (TPSA) is 121 Å². The molecule has 25 heavy (non-hydrogen) atoms. The predicted molar refractivity (Wildman–Crippen MR) is 88.9 cm³/mol. The number of carbonyl (C=O) groups excluding carboxylic acids is 1. The number of nitrogens with one attached hydrogen (secondary N) is 1. The Hall–Kier alpha value is -3.43. The number of nitro groups is 1. The van der Waals surface area contributed by atoms with Crippen molar-refractivity contribution in [3.8, 4) is 11.5 Å². The first-order chi connectivity index (χ1) is 12.0. The summed E-state index contributed by atoms with van der Waals surface area (Å²) in [6.45, 7) is 1.32. The van der Waals surface area contributed by atoms with Crippen molar-refractivity contribution in [2.45, 2.75) is 13.5 Å². The van der Waals surface area contributed by atoms with E-state index in [9.17, 15) is 14.9 Å². The smallest absolute Gasteiger partial charge is 0.343 e. The fraction of sp³-hybridized carbons (Fsp3) is 0.267. The fourth-order valence-electron chi connectivity index (χ4n) is 2.09. The van der Waals surface area contributed by atoms with Gasteiger partial charge in [-0.25, -0.2) is 15.0 Å². The van der Waals surface area contributed by atoms with Crippen LogP contribution in [0, 0.1) is 17.0 Å². The third kappa shape index (κ3) is 4.31. The number of methoxy groups -OCH3 is 2. The third-order valence-electron chi connectivity index (χ3n) is 3.33. The van der Waals surface area contributed by atoms with Crippen LogP contribution in [0.2, 0.25) is 0 Å². The molecule has 10 nitrogen and oxygen atoms in total. The summed E-state index contributed by atoms with van der Waals surface area (Å²) in [6.07, 6.45) is 2.53. The van der Waals surface area contributed by atoms with Crippen LogP contribution in [0.1, 0.15) is 11.4 Å². The standard InChI is InChI=1S/C15H17N5O5/c1-10-16-8-15(20(22)23)19(10)9-14(21)18-17-7-11-4-5-12(24-2)13(6-11)25-3/h4-8H,9H2,1-3H3,(H,18,21)/b17-7+. The van der Waals surface area contributed by atoms with Crippen molar-refractivity contribution < 1.29 is 19.2 Å². The van der Waals surface area contributed by atoms with Gasteiger partial charge in [0.1, 0.15) is 6.20 Å². The Kier molecular flexibility index (Phi) is 5.66. The average Bonchev–Trinajstić information content (AvgIpc) is 2.95. The molecule has 1 aromatic heterocycles. The molecule has 1 amide bonds. The van der Waals surface area contributed by atoms with E-state index in [2.05, 4.69) is 15.5 Å². The number of carbonyl (C=O) groups is 1. The number of ether oxygens (including phenoxy) is 2. The Bertz CT molecular complexity index is 815. The van der Waals surface area contributed by atoms with Crippen molar-refractivity contribution in [1.82, 2.24) is 15.0 Å². The monoisotopic (exact) mass is 347 g/mol. The predicted octanol–water partition coefficient (Wildman–Crippen LogP) is 1.27. The van der Waals surface area contributed by atoms with E-state index in [-0.39, 0.29) is 12.4 Å². The zero-order valence-corrected chi connectivity index (χ0v) is 13.9. The van der Waals surface area contributed by atoms with Crippen LogP contribution in [0.5, 0.6) is 11.5 Å². The molecule has 0 spiro atoms. The highest BCUT2D eigenvalue weighted by atomic mass is 16.6. The first-order valence-electron chi connectivity index (χ1n) is 7.16. The van der Waals surface area contributed by atoms with Crippen molar-refractivity contribution in [2.24, 2.45) is 5.10 Å². The van der Waals surface area contributed by atoms with Crippen molar-refractivity contribution in [3.05, 3.63) is 45.9 Å². The van der Waals surface area contributed by atoms with E-state index in [1.54, 1.807) is 25.1 Å². The molecule has 0 aliphatic carbocycles. The fourth-order valence-corrected chi connectivity index (χ4v) is 2.09. The van der Waals surface area contributed by atoms with Crippen molar-refractivity contribution >= 4 is 17.9 Å². The molecule has 1 aromatic carbocycles. The second-order valence-corrected chi connectivity index (χ2v) is 4.91. The molecule has 0 fully saturated rings. The molecule has 0 radical (unpaired) electrons. The van der Waals surface area contributed by atoms with Gasteiger partial charge in [-0.05, 0) is 28.7 Å². The summed E-state index contributed by atoms with van der Waals surface area (Å²) < 4.78 is 11.5. The van der Waals surface area contributed by atoms with Crippen LogP contribution < -0.4 is 14.9 Å². The highest BCUT2D eigenvalue weighted by Crippen LogP contribution is 2.26. The van der Waals surface area contributed by atoms with E-state index >= 15 is 0 Å². The van der Waals surface area contributed by atoms with Crippen LogP contribution >= 0.6 is 0 Å². The Balaban J connectivity index is 2.02. The largest absolute Gasteiger partial charge is 0.493 e. The normalized spacial score (nSPS) is 10.7. The SMILES string of the molecule is COc1ccc(/C=N/NC(=O)Cn2c([N+](=O)[O-])cnc2C)cc1OC. The van der Waals surface area contributed by atoms with Gasteiger partial charge < -0.3 is 19.6 Å². The zero-order valence-electron chi connectivity index (χ0n) is 13.9. The van der Waals surface area contributed by atoms with Crippen LogP contribution in [-0.4, -0.2) is 40.8 Å². The van der Waals surface area contributed by atoms with Crippen molar-refractivity contribution in [1.29, 1.82) is 0 Å². The van der Waals surface area contributed by atoms with Crippen LogP contribution in [0.25, 0.3) is 0 Å². The average molecular weight is 347 g/mol. The minimum absolute atomic E-state index is 0.253. The first-order valence-corrected chi connectivity index (χ1v) is 7.16. The van der Waals surface area contributed by atoms with E-state index in [0.717, 1.165) is 6.20 Å². The van der Waals surface area contributed by atoms with Crippen molar-refractivity contribution in [2.75, 3.05) is 14.2 Å². The summed E-state index contributed by atoms with van der Waals surface area (Å²) in [5.74, 6) is 0.706. The lowest BCUT2D eigenvalue weighted by Gasteiger charge is -2.07. The molecule has 2 aromatic rings. The molecule has 10 heteroatoms. The second-order valence-electron chi connectivity index (χ2n) is 4.91. The lowest BCUT2D eigenvalue weighted by atomic mass is 10.2. The van der Waals surface area contributed by atoms with Gasteiger partial charge >= 0.3 is 5.82 Å². The Labute approximate surface area is 143 Å². The van der Waals surface area contributed by atoms with E-state index in [0.29, 0.717) is 22.9 Å². The van der Waals surface area contributed by atoms with E-state index in [1.165, 1.54) is 25.0 Å². The zero-order chi connectivity index (χ0) is 18.4. The number of amides is 1. The summed E-state index contributed by atoms with van der Waals surface area (Å²) >= 11 is 0. The molecule has 0 bridgehead atoms. The summed E-state index contributed by atoms with van der Waals surface area (Å²) in [7, 11) is 3.05. The molecule has 2 rings (SSSR count). The number of imidazole rings is 1. The Morgan fingerprint density at radius 2 is 2.12 bits per heavy atom. The minimum atomic E-state index is -0.597. The molecule has 132 valence electrons. The van der Waals surface area contributed by atoms with Gasteiger partial charge in [-0.3, -0.25) is 4.79 Å². The molecule has 1 N–H and O–H groups in total. The van der Waals surface area contributed by atoms with E-state index < -0.39 is 10.8 Å². The number of hydrogen-bond donors (Lipinski definition) is 1. The van der Waals surface area contributed by atoms with Gasteiger partial charge in [0.25, 0.3) is 5.91 Å². The number of aryl methyl sites for hydroxylation is 1. The van der Waals surface area contributed by atoms with Gasteiger partial charge in [-0.1, -0.05) is 0 Å². The maximum Gasteiger partial charge on any atom is 0.343 e. The van der Waals surface area contributed by atoms with Gasteiger partial charge in [0.2, 0.25) is 0 Å². The van der Waals surface area contributed by atoms with E-state index in [1.807, 2.05) is 0 Å². The maximum atomic E-state index is 11.9. The highest BCUT2D eigenvalue weighted by molar-refractivity contribution is 5.83. The number of rotatable bonds is 7. The molecule has 0 saturated heterocycles. The summed E-state index contributed by atoms with van der Waals surface area (Å²) in [4.78, 5) is 26.0. The van der Waals surface area contributed by atoms with Crippen LogP contribution in [0.15, 0.2) is 29.5 Å². The number of nitrogens with zero attached hydrogens (tertiary/aromatic N) is 4. The lowest BCUT2D eigenvalue weighted by Crippen LogP contribution is -2.24. The molecule has 0 atom stereocenters. The van der Waals surface area contributed by atoms with Gasteiger partial charge in [-0.2, -0.15) is 5.10 Å². The van der Waals surface area contributed by atoms with E-state index in [4.69, 9.17) is 9.47 Å². The maximum absolute atomic E-state index is 11.9. The minimum Gasteiger partial charge on any atom is -0.493 e. The molecule has 1 heterocycles. The second kappa shape index (κ2) is 7.90. The summed E-state index contributed by atoms with van der Waals surface area (Å²) in [5.41, 5.74) is 3.00. The number of aromatic nitrogens is 2. The molecular formula is C15H17N5O5.